The SMILES string of the molecule is CC1CN(C(=O)C2CC(=O)N(C(C)c3ccccc3)C2)CCN1. The molecule has 2 heterocycles. The molecule has 1 aromatic carbocycles. The number of nitrogens with one attached hydrogen (secondary N) is 1. The highest BCUT2D eigenvalue weighted by Crippen LogP contribution is 2.29. The number of hydrogen-bond acceptors (Lipinski definition) is 3. The topological polar surface area (TPSA) is 52.7 Å². The maximum absolute atomic E-state index is 12.7. The van der Waals surface area contributed by atoms with Crippen molar-refractivity contribution in [2.24, 2.45) is 5.92 Å². The molecule has 0 saturated carbocycles. The molecule has 3 unspecified atom stereocenters. The molecular weight excluding hydrogens is 290 g/mol. The molecule has 0 bridgehead atoms. The fourth-order valence-electron chi connectivity index (χ4n) is 3.57. The number of carbonyl (C=O) groups excluding carboxylic acids is 2. The molecule has 5 heteroatoms. The average Bonchev–Trinajstić information content (AvgIpc) is 2.96. The van der Waals surface area contributed by atoms with Crippen molar-refractivity contribution in [3.63, 3.8) is 0 Å². The van der Waals surface area contributed by atoms with Gasteiger partial charge in [-0.2, -0.15) is 0 Å². The van der Waals surface area contributed by atoms with E-state index in [2.05, 4.69) is 12.2 Å². The molecule has 0 aromatic heterocycles. The number of amides is 2. The minimum Gasteiger partial charge on any atom is -0.340 e. The van der Waals surface area contributed by atoms with Gasteiger partial charge in [0.1, 0.15) is 0 Å². The number of rotatable bonds is 3. The Balaban J connectivity index is 1.66. The Hall–Kier alpha value is -1.88. The lowest BCUT2D eigenvalue weighted by molar-refractivity contribution is -0.136. The van der Waals surface area contributed by atoms with E-state index in [4.69, 9.17) is 0 Å². The first-order chi connectivity index (χ1) is 11.1. The minimum absolute atomic E-state index is 0.0171. The van der Waals surface area contributed by atoms with E-state index in [0.29, 0.717) is 19.0 Å². The van der Waals surface area contributed by atoms with Gasteiger partial charge in [-0.1, -0.05) is 30.3 Å². The lowest BCUT2D eigenvalue weighted by Gasteiger charge is -2.33. The zero-order chi connectivity index (χ0) is 16.4. The number of likely N-dealkylation sites (tertiary alicyclic amines) is 1. The van der Waals surface area contributed by atoms with Gasteiger partial charge in [-0.15, -0.1) is 0 Å². The third-order valence-corrected chi connectivity index (χ3v) is 4.94. The van der Waals surface area contributed by atoms with E-state index in [1.807, 2.05) is 47.1 Å². The summed E-state index contributed by atoms with van der Waals surface area (Å²) in [4.78, 5) is 28.9. The van der Waals surface area contributed by atoms with Crippen LogP contribution in [0.3, 0.4) is 0 Å². The second kappa shape index (κ2) is 6.71. The molecule has 3 atom stereocenters. The van der Waals surface area contributed by atoms with Crippen LogP contribution < -0.4 is 5.32 Å². The molecule has 2 fully saturated rings. The van der Waals surface area contributed by atoms with E-state index in [1.54, 1.807) is 0 Å². The van der Waals surface area contributed by atoms with Gasteiger partial charge < -0.3 is 15.1 Å². The lowest BCUT2D eigenvalue weighted by Crippen LogP contribution is -2.53. The van der Waals surface area contributed by atoms with Crippen molar-refractivity contribution >= 4 is 11.8 Å². The molecule has 0 spiro atoms. The summed E-state index contributed by atoms with van der Waals surface area (Å²) in [5, 5.41) is 3.34. The van der Waals surface area contributed by atoms with Crippen molar-refractivity contribution in [2.45, 2.75) is 32.4 Å². The molecule has 1 N–H and O–H groups in total. The minimum atomic E-state index is -0.195. The zero-order valence-electron chi connectivity index (χ0n) is 13.9. The summed E-state index contributed by atoms with van der Waals surface area (Å²) >= 11 is 0. The van der Waals surface area contributed by atoms with Gasteiger partial charge in [0.15, 0.2) is 0 Å². The van der Waals surface area contributed by atoms with Crippen molar-refractivity contribution in [1.82, 2.24) is 15.1 Å². The number of nitrogens with zero attached hydrogens (tertiary/aromatic N) is 2. The Morgan fingerprint density at radius 1 is 1.26 bits per heavy atom. The highest BCUT2D eigenvalue weighted by atomic mass is 16.2. The lowest BCUT2D eigenvalue weighted by atomic mass is 10.1. The van der Waals surface area contributed by atoms with Crippen molar-refractivity contribution in [1.29, 1.82) is 0 Å². The quantitative estimate of drug-likeness (QED) is 0.918. The van der Waals surface area contributed by atoms with E-state index in [0.717, 1.165) is 25.2 Å². The fraction of sp³-hybridized carbons (Fsp3) is 0.556. The standard InChI is InChI=1S/C18H25N3O2/c1-13-11-20(9-8-19-13)18(23)16-10-17(22)21(12-16)14(2)15-6-4-3-5-7-15/h3-7,13-14,16,19H,8-12H2,1-2H3. The number of piperazine rings is 1. The van der Waals surface area contributed by atoms with E-state index < -0.39 is 0 Å². The molecular formula is C18H25N3O2. The first kappa shape index (κ1) is 16.0. The fourth-order valence-corrected chi connectivity index (χ4v) is 3.57. The van der Waals surface area contributed by atoms with Crippen LogP contribution in [0.15, 0.2) is 30.3 Å². The van der Waals surface area contributed by atoms with Crippen LogP contribution in [0.2, 0.25) is 0 Å². The Kier molecular flexibility index (Phi) is 4.66. The van der Waals surface area contributed by atoms with Gasteiger partial charge in [0, 0.05) is 38.6 Å². The van der Waals surface area contributed by atoms with E-state index in [-0.39, 0.29) is 23.8 Å². The van der Waals surface area contributed by atoms with Crippen LogP contribution >= 0.6 is 0 Å². The van der Waals surface area contributed by atoms with Crippen LogP contribution in [0.25, 0.3) is 0 Å². The molecule has 5 nitrogen and oxygen atoms in total. The summed E-state index contributed by atoms with van der Waals surface area (Å²) in [5.41, 5.74) is 1.12. The van der Waals surface area contributed by atoms with Crippen LogP contribution in [-0.4, -0.2) is 53.8 Å². The molecule has 0 radical (unpaired) electrons. The smallest absolute Gasteiger partial charge is 0.228 e. The van der Waals surface area contributed by atoms with E-state index in [1.165, 1.54) is 0 Å². The van der Waals surface area contributed by atoms with Gasteiger partial charge in [-0.05, 0) is 19.4 Å². The van der Waals surface area contributed by atoms with E-state index >= 15 is 0 Å². The average molecular weight is 315 g/mol. The highest BCUT2D eigenvalue weighted by molar-refractivity contribution is 5.89. The maximum atomic E-state index is 12.7. The molecule has 2 aliphatic rings. The van der Waals surface area contributed by atoms with Gasteiger partial charge in [0.2, 0.25) is 11.8 Å². The van der Waals surface area contributed by atoms with E-state index in [9.17, 15) is 9.59 Å². The molecule has 0 aliphatic carbocycles. The third-order valence-electron chi connectivity index (χ3n) is 4.94. The molecule has 2 amide bonds. The largest absolute Gasteiger partial charge is 0.340 e. The molecule has 3 rings (SSSR count). The molecule has 1 aromatic rings. The van der Waals surface area contributed by atoms with Gasteiger partial charge in [0.25, 0.3) is 0 Å². The van der Waals surface area contributed by atoms with Crippen LogP contribution in [0, 0.1) is 5.92 Å². The number of hydrogen-bond donors (Lipinski definition) is 1. The second-order valence-electron chi connectivity index (χ2n) is 6.67. The van der Waals surface area contributed by atoms with Crippen LogP contribution in [0.1, 0.15) is 31.9 Å². The van der Waals surface area contributed by atoms with Crippen molar-refractivity contribution in [3.8, 4) is 0 Å². The molecule has 23 heavy (non-hydrogen) atoms. The summed E-state index contributed by atoms with van der Waals surface area (Å²) < 4.78 is 0. The molecule has 124 valence electrons. The predicted octanol–water partition coefficient (Wildman–Crippen LogP) is 1.42. The van der Waals surface area contributed by atoms with Crippen molar-refractivity contribution < 1.29 is 9.59 Å². The van der Waals surface area contributed by atoms with Gasteiger partial charge in [-0.3, -0.25) is 9.59 Å². The Bertz CT molecular complexity index is 575. The summed E-state index contributed by atoms with van der Waals surface area (Å²) in [6.45, 7) is 6.96. The monoisotopic (exact) mass is 315 g/mol. The van der Waals surface area contributed by atoms with Crippen molar-refractivity contribution in [3.05, 3.63) is 35.9 Å². The van der Waals surface area contributed by atoms with Crippen LogP contribution in [0.5, 0.6) is 0 Å². The molecule has 2 saturated heterocycles. The zero-order valence-corrected chi connectivity index (χ0v) is 13.9. The normalized spacial score (nSPS) is 26.4. The first-order valence-corrected chi connectivity index (χ1v) is 8.43. The third kappa shape index (κ3) is 3.39. The second-order valence-corrected chi connectivity index (χ2v) is 6.67. The Labute approximate surface area is 137 Å². The predicted molar refractivity (Wildman–Crippen MR) is 88.7 cm³/mol. The summed E-state index contributed by atoms with van der Waals surface area (Å²) in [6.07, 6.45) is 0.342. The van der Waals surface area contributed by atoms with Gasteiger partial charge in [-0.25, -0.2) is 0 Å². The number of benzene rings is 1. The highest BCUT2D eigenvalue weighted by Gasteiger charge is 2.39. The summed E-state index contributed by atoms with van der Waals surface area (Å²) in [6, 6.07) is 10.3. The summed E-state index contributed by atoms with van der Waals surface area (Å²) in [5.74, 6) is 0.0244. The van der Waals surface area contributed by atoms with Crippen LogP contribution in [0.4, 0.5) is 0 Å². The Morgan fingerprint density at radius 2 is 2.00 bits per heavy atom. The number of carbonyl (C=O) groups is 2. The Morgan fingerprint density at radius 3 is 2.70 bits per heavy atom. The van der Waals surface area contributed by atoms with Gasteiger partial charge in [0.05, 0.1) is 12.0 Å². The van der Waals surface area contributed by atoms with Crippen LogP contribution in [-0.2, 0) is 9.59 Å². The van der Waals surface area contributed by atoms with Gasteiger partial charge >= 0.3 is 0 Å². The maximum Gasteiger partial charge on any atom is 0.228 e. The summed E-state index contributed by atoms with van der Waals surface area (Å²) in [7, 11) is 0. The molecule has 2 aliphatic heterocycles. The van der Waals surface area contributed by atoms with Crippen molar-refractivity contribution in [2.75, 3.05) is 26.2 Å². The first-order valence-electron chi connectivity index (χ1n) is 8.43.